The zero-order valence-corrected chi connectivity index (χ0v) is 18.3. The molecule has 7 heteroatoms. The highest BCUT2D eigenvalue weighted by Gasteiger charge is 2.21. The lowest BCUT2D eigenvalue weighted by Gasteiger charge is -2.22. The van der Waals surface area contributed by atoms with Gasteiger partial charge in [-0.05, 0) is 69.9 Å². The summed E-state index contributed by atoms with van der Waals surface area (Å²) in [5.41, 5.74) is 2.75. The van der Waals surface area contributed by atoms with Gasteiger partial charge in [-0.15, -0.1) is 12.4 Å². The van der Waals surface area contributed by atoms with Crippen molar-refractivity contribution in [2.75, 3.05) is 38.7 Å². The Balaban J connectivity index is 0.00000280. The predicted octanol–water partition coefficient (Wildman–Crippen LogP) is 4.63. The van der Waals surface area contributed by atoms with Gasteiger partial charge in [0.05, 0.1) is 16.8 Å². The number of carbonyl (C=O) groups excluding carboxylic acids is 1. The Bertz CT molecular complexity index is 925. The minimum Gasteiger partial charge on any atom is -0.494 e. The van der Waals surface area contributed by atoms with E-state index < -0.39 is 0 Å². The molecule has 1 amide bonds. The van der Waals surface area contributed by atoms with Crippen molar-refractivity contribution >= 4 is 45.0 Å². The number of aromatic nitrogens is 1. The number of amides is 1. The molecular weight excluding hydrogens is 394 g/mol. The van der Waals surface area contributed by atoms with Gasteiger partial charge in [-0.1, -0.05) is 17.4 Å². The number of carbonyl (C=O) groups is 1. The van der Waals surface area contributed by atoms with Crippen LogP contribution in [-0.4, -0.2) is 49.6 Å². The van der Waals surface area contributed by atoms with Gasteiger partial charge in [0.15, 0.2) is 5.13 Å². The first kappa shape index (κ1) is 22.1. The minimum atomic E-state index is -0.0457. The molecule has 0 saturated heterocycles. The summed E-state index contributed by atoms with van der Waals surface area (Å²) in [6.45, 7) is 5.95. The molecule has 2 aromatic carbocycles. The number of nitrogens with zero attached hydrogens (tertiary/aromatic N) is 3. The second-order valence-electron chi connectivity index (χ2n) is 6.69. The van der Waals surface area contributed by atoms with Crippen LogP contribution in [0.3, 0.4) is 0 Å². The van der Waals surface area contributed by atoms with Crippen LogP contribution in [0.25, 0.3) is 10.2 Å². The maximum Gasteiger partial charge on any atom is 0.260 e. The molecule has 3 aromatic rings. The number of anilines is 1. The van der Waals surface area contributed by atoms with E-state index in [0.717, 1.165) is 27.6 Å². The second kappa shape index (κ2) is 9.87. The average molecular weight is 420 g/mol. The lowest BCUT2D eigenvalue weighted by atomic mass is 10.2. The van der Waals surface area contributed by atoms with Crippen LogP contribution in [0.5, 0.6) is 5.75 Å². The van der Waals surface area contributed by atoms with Crippen molar-refractivity contribution in [3.8, 4) is 5.75 Å². The summed E-state index contributed by atoms with van der Waals surface area (Å²) in [6, 6.07) is 13.5. The third-order valence-corrected chi connectivity index (χ3v) is 5.23. The van der Waals surface area contributed by atoms with Crippen LogP contribution in [0.15, 0.2) is 42.5 Å². The quantitative estimate of drug-likeness (QED) is 0.560. The van der Waals surface area contributed by atoms with Crippen molar-refractivity contribution in [2.24, 2.45) is 0 Å². The topological polar surface area (TPSA) is 45.7 Å². The largest absolute Gasteiger partial charge is 0.494 e. The molecule has 0 unspecified atom stereocenters. The van der Waals surface area contributed by atoms with E-state index in [9.17, 15) is 4.79 Å². The number of likely N-dealkylation sites (N-methyl/N-ethyl adjacent to an activating group) is 1. The molecule has 5 nitrogen and oxygen atoms in total. The van der Waals surface area contributed by atoms with E-state index in [2.05, 4.69) is 17.9 Å². The van der Waals surface area contributed by atoms with Gasteiger partial charge in [-0.25, -0.2) is 4.98 Å². The third-order valence-electron chi connectivity index (χ3n) is 4.19. The number of halogens is 1. The standard InChI is InChI=1S/C21H25N3O2S.ClH/c1-5-26-17-9-7-16(8-10-17)20(25)24(13-12-23(3)4)21-22-18-11-6-15(2)14-19(18)27-21;/h6-11,14H,5,12-13H2,1-4H3;1H. The summed E-state index contributed by atoms with van der Waals surface area (Å²) >= 11 is 1.56. The van der Waals surface area contributed by atoms with Crippen LogP contribution in [0.4, 0.5) is 5.13 Å². The van der Waals surface area contributed by atoms with Gasteiger partial charge in [0.1, 0.15) is 5.75 Å². The normalized spacial score (nSPS) is 10.8. The summed E-state index contributed by atoms with van der Waals surface area (Å²) in [4.78, 5) is 21.7. The van der Waals surface area contributed by atoms with E-state index in [0.29, 0.717) is 18.7 Å². The molecule has 0 bridgehead atoms. The maximum absolute atomic E-state index is 13.2. The van der Waals surface area contributed by atoms with Gasteiger partial charge in [0.25, 0.3) is 5.91 Å². The average Bonchev–Trinajstić information content (AvgIpc) is 3.05. The smallest absolute Gasteiger partial charge is 0.260 e. The zero-order valence-electron chi connectivity index (χ0n) is 16.6. The Labute approximate surface area is 176 Å². The Morgan fingerprint density at radius 1 is 1.11 bits per heavy atom. The minimum absolute atomic E-state index is 0. The highest BCUT2D eigenvalue weighted by atomic mass is 35.5. The SMILES string of the molecule is CCOc1ccc(C(=O)N(CCN(C)C)c2nc3ccc(C)cc3s2)cc1.Cl. The molecule has 0 saturated carbocycles. The maximum atomic E-state index is 13.2. The molecule has 150 valence electrons. The van der Waals surface area contributed by atoms with Crippen molar-refractivity contribution in [3.63, 3.8) is 0 Å². The zero-order chi connectivity index (χ0) is 19.4. The van der Waals surface area contributed by atoms with Gasteiger partial charge in [0.2, 0.25) is 0 Å². The highest BCUT2D eigenvalue weighted by Crippen LogP contribution is 2.30. The van der Waals surface area contributed by atoms with E-state index in [1.54, 1.807) is 16.2 Å². The lowest BCUT2D eigenvalue weighted by Crippen LogP contribution is -2.36. The molecule has 0 aliphatic carbocycles. The molecule has 0 fully saturated rings. The molecule has 1 aromatic heterocycles. The molecule has 0 radical (unpaired) electrons. The van der Waals surface area contributed by atoms with Gasteiger partial charge >= 0.3 is 0 Å². The molecule has 0 aliphatic rings. The van der Waals surface area contributed by atoms with E-state index in [1.807, 2.05) is 57.4 Å². The van der Waals surface area contributed by atoms with Crippen LogP contribution in [0.1, 0.15) is 22.8 Å². The van der Waals surface area contributed by atoms with Gasteiger partial charge in [0, 0.05) is 18.7 Å². The number of fused-ring (bicyclic) bond motifs is 1. The van der Waals surface area contributed by atoms with Gasteiger partial charge < -0.3 is 9.64 Å². The summed E-state index contributed by atoms with van der Waals surface area (Å²) in [7, 11) is 4.00. The number of rotatable bonds is 7. The first-order valence-corrected chi connectivity index (χ1v) is 9.86. The molecule has 0 spiro atoms. The van der Waals surface area contributed by atoms with E-state index in [4.69, 9.17) is 9.72 Å². The Morgan fingerprint density at radius 3 is 2.46 bits per heavy atom. The summed E-state index contributed by atoms with van der Waals surface area (Å²) < 4.78 is 6.57. The Morgan fingerprint density at radius 2 is 1.82 bits per heavy atom. The fourth-order valence-corrected chi connectivity index (χ4v) is 3.82. The number of hydrogen-bond donors (Lipinski definition) is 0. The Kier molecular flexibility index (Phi) is 7.80. The van der Waals surface area contributed by atoms with Gasteiger partial charge in [-0.2, -0.15) is 0 Å². The second-order valence-corrected chi connectivity index (χ2v) is 7.69. The molecule has 0 atom stereocenters. The fourth-order valence-electron chi connectivity index (χ4n) is 2.74. The molecule has 3 rings (SSSR count). The van der Waals surface area contributed by atoms with Crippen LogP contribution in [0, 0.1) is 6.92 Å². The van der Waals surface area contributed by atoms with Crippen molar-refractivity contribution in [1.29, 1.82) is 0 Å². The molecule has 0 aliphatic heterocycles. The summed E-state index contributed by atoms with van der Waals surface area (Å²) in [5, 5.41) is 0.733. The van der Waals surface area contributed by atoms with Crippen LogP contribution in [-0.2, 0) is 0 Å². The summed E-state index contributed by atoms with van der Waals surface area (Å²) in [6.07, 6.45) is 0. The van der Waals surface area contributed by atoms with Crippen molar-refractivity contribution < 1.29 is 9.53 Å². The van der Waals surface area contributed by atoms with E-state index >= 15 is 0 Å². The molecule has 0 N–H and O–H groups in total. The van der Waals surface area contributed by atoms with Crippen LogP contribution >= 0.6 is 23.7 Å². The Hall–Kier alpha value is -2.15. The lowest BCUT2D eigenvalue weighted by molar-refractivity contribution is 0.0985. The molecule has 28 heavy (non-hydrogen) atoms. The van der Waals surface area contributed by atoms with Crippen LogP contribution in [0.2, 0.25) is 0 Å². The van der Waals surface area contributed by atoms with Crippen molar-refractivity contribution in [2.45, 2.75) is 13.8 Å². The highest BCUT2D eigenvalue weighted by molar-refractivity contribution is 7.22. The first-order chi connectivity index (χ1) is 13.0. The van der Waals surface area contributed by atoms with Crippen molar-refractivity contribution in [1.82, 2.24) is 9.88 Å². The van der Waals surface area contributed by atoms with Crippen molar-refractivity contribution in [3.05, 3.63) is 53.6 Å². The van der Waals surface area contributed by atoms with E-state index in [-0.39, 0.29) is 18.3 Å². The van der Waals surface area contributed by atoms with Crippen LogP contribution < -0.4 is 9.64 Å². The molecular formula is C21H26ClN3O2S. The number of thiazole rings is 1. The number of benzene rings is 2. The van der Waals surface area contributed by atoms with Gasteiger partial charge in [-0.3, -0.25) is 9.69 Å². The monoisotopic (exact) mass is 419 g/mol. The number of ether oxygens (including phenoxy) is 1. The molecule has 1 heterocycles. The number of aryl methyl sites for hydroxylation is 1. The van der Waals surface area contributed by atoms with E-state index in [1.165, 1.54) is 5.56 Å². The first-order valence-electron chi connectivity index (χ1n) is 9.04. The summed E-state index contributed by atoms with van der Waals surface area (Å²) in [5.74, 6) is 0.722. The predicted molar refractivity (Wildman–Crippen MR) is 119 cm³/mol. The fraction of sp³-hybridized carbons (Fsp3) is 0.333. The number of hydrogen-bond acceptors (Lipinski definition) is 5. The third kappa shape index (κ3) is 5.22.